The molecule has 1 amide bonds. The van der Waals surface area contributed by atoms with Crippen LogP contribution in [0.5, 0.6) is 0 Å². The highest BCUT2D eigenvalue weighted by molar-refractivity contribution is 6.33. The summed E-state index contributed by atoms with van der Waals surface area (Å²) < 4.78 is 0. The van der Waals surface area contributed by atoms with Crippen molar-refractivity contribution in [1.29, 1.82) is 0 Å². The Labute approximate surface area is 118 Å². The lowest BCUT2D eigenvalue weighted by Gasteiger charge is -2.26. The minimum atomic E-state index is -0.0870. The molecule has 0 aliphatic heterocycles. The van der Waals surface area contributed by atoms with Crippen molar-refractivity contribution in [1.82, 2.24) is 5.32 Å². The van der Waals surface area contributed by atoms with Crippen molar-refractivity contribution >= 4 is 29.9 Å². The number of amides is 1. The van der Waals surface area contributed by atoms with Crippen LogP contribution in [0.4, 0.5) is 0 Å². The molecule has 1 aliphatic carbocycles. The van der Waals surface area contributed by atoms with Crippen LogP contribution < -0.4 is 11.1 Å². The van der Waals surface area contributed by atoms with E-state index in [1.807, 2.05) is 12.1 Å². The first kappa shape index (κ1) is 15.3. The molecule has 0 radical (unpaired) electrons. The summed E-state index contributed by atoms with van der Waals surface area (Å²) in [7, 11) is 0. The smallest absolute Gasteiger partial charge is 0.253 e. The third-order valence-electron chi connectivity index (χ3n) is 3.23. The molecule has 1 saturated carbocycles. The fourth-order valence-electron chi connectivity index (χ4n) is 2.17. The average molecular weight is 289 g/mol. The Morgan fingerprint density at radius 2 is 1.83 bits per heavy atom. The molecule has 0 spiro atoms. The monoisotopic (exact) mass is 288 g/mol. The first-order valence-electron chi connectivity index (χ1n) is 5.98. The lowest BCUT2D eigenvalue weighted by atomic mass is 9.91. The van der Waals surface area contributed by atoms with Gasteiger partial charge in [-0.15, -0.1) is 12.4 Å². The molecule has 3 nitrogen and oxygen atoms in total. The second-order valence-electron chi connectivity index (χ2n) is 4.57. The average Bonchev–Trinajstić information content (AvgIpc) is 2.32. The van der Waals surface area contributed by atoms with E-state index in [0.717, 1.165) is 25.7 Å². The normalized spacial score (nSPS) is 23.0. The van der Waals surface area contributed by atoms with E-state index in [1.54, 1.807) is 12.1 Å². The summed E-state index contributed by atoms with van der Waals surface area (Å²) in [5.74, 6) is -0.0870. The van der Waals surface area contributed by atoms with Gasteiger partial charge in [0.05, 0.1) is 10.6 Å². The fraction of sp³-hybridized carbons (Fsp3) is 0.462. The van der Waals surface area contributed by atoms with E-state index >= 15 is 0 Å². The van der Waals surface area contributed by atoms with Crippen LogP contribution in [0.1, 0.15) is 36.0 Å². The van der Waals surface area contributed by atoms with E-state index in [-0.39, 0.29) is 24.4 Å². The minimum Gasteiger partial charge on any atom is -0.349 e. The van der Waals surface area contributed by atoms with Crippen LogP contribution in [0, 0.1) is 0 Å². The van der Waals surface area contributed by atoms with Gasteiger partial charge >= 0.3 is 0 Å². The number of benzene rings is 1. The van der Waals surface area contributed by atoms with Crippen LogP contribution in [-0.4, -0.2) is 18.0 Å². The number of carbonyl (C=O) groups excluding carboxylic acids is 1. The number of hydrogen-bond donors (Lipinski definition) is 2. The summed E-state index contributed by atoms with van der Waals surface area (Å²) in [5.41, 5.74) is 6.37. The first-order chi connectivity index (χ1) is 8.16. The number of nitrogens with one attached hydrogen (secondary N) is 1. The zero-order valence-electron chi connectivity index (χ0n) is 10.1. The van der Waals surface area contributed by atoms with Crippen molar-refractivity contribution in [2.24, 2.45) is 5.73 Å². The molecule has 0 heterocycles. The molecule has 0 atom stereocenters. The number of hydrogen-bond acceptors (Lipinski definition) is 2. The molecule has 100 valence electrons. The van der Waals surface area contributed by atoms with E-state index < -0.39 is 0 Å². The van der Waals surface area contributed by atoms with Gasteiger partial charge < -0.3 is 11.1 Å². The second kappa shape index (κ2) is 6.98. The summed E-state index contributed by atoms with van der Waals surface area (Å²) in [6.45, 7) is 0. The molecule has 1 fully saturated rings. The zero-order valence-corrected chi connectivity index (χ0v) is 11.6. The predicted molar refractivity (Wildman–Crippen MR) is 76.4 cm³/mol. The molecule has 0 aromatic heterocycles. The van der Waals surface area contributed by atoms with Gasteiger partial charge in [0, 0.05) is 12.1 Å². The summed E-state index contributed by atoms with van der Waals surface area (Å²) in [4.78, 5) is 12.0. The maximum absolute atomic E-state index is 12.0. The van der Waals surface area contributed by atoms with Crippen molar-refractivity contribution in [2.75, 3.05) is 0 Å². The van der Waals surface area contributed by atoms with Gasteiger partial charge in [0.25, 0.3) is 5.91 Å². The van der Waals surface area contributed by atoms with Gasteiger partial charge in [-0.2, -0.15) is 0 Å². The summed E-state index contributed by atoms with van der Waals surface area (Å²) in [6.07, 6.45) is 3.87. The largest absolute Gasteiger partial charge is 0.349 e. The van der Waals surface area contributed by atoms with Gasteiger partial charge in [-0.1, -0.05) is 23.7 Å². The molecule has 1 aromatic rings. The standard InChI is InChI=1S/C13H17ClN2O.ClH/c14-12-4-2-1-3-11(12)13(17)16-10-7-5-9(15)6-8-10;/h1-4,9-10H,5-8,15H2,(H,16,17);1H. The SMILES string of the molecule is Cl.NC1CCC(NC(=O)c2ccccc2Cl)CC1. The first-order valence-corrected chi connectivity index (χ1v) is 6.35. The molecule has 0 bridgehead atoms. The third-order valence-corrected chi connectivity index (χ3v) is 3.56. The Morgan fingerprint density at radius 1 is 1.22 bits per heavy atom. The van der Waals surface area contributed by atoms with E-state index in [4.69, 9.17) is 17.3 Å². The Hall–Kier alpha value is -0.770. The van der Waals surface area contributed by atoms with Crippen LogP contribution >= 0.6 is 24.0 Å². The Bertz CT molecular complexity index is 404. The highest BCUT2D eigenvalue weighted by Gasteiger charge is 2.21. The van der Waals surface area contributed by atoms with Gasteiger partial charge in [0.1, 0.15) is 0 Å². The van der Waals surface area contributed by atoms with Gasteiger partial charge in [-0.05, 0) is 37.8 Å². The highest BCUT2D eigenvalue weighted by Crippen LogP contribution is 2.19. The molecule has 0 unspecified atom stereocenters. The van der Waals surface area contributed by atoms with Crippen molar-refractivity contribution in [3.8, 4) is 0 Å². The molecule has 18 heavy (non-hydrogen) atoms. The second-order valence-corrected chi connectivity index (χ2v) is 4.97. The van der Waals surface area contributed by atoms with Crippen molar-refractivity contribution in [2.45, 2.75) is 37.8 Å². The van der Waals surface area contributed by atoms with E-state index in [0.29, 0.717) is 16.6 Å². The molecule has 1 aliphatic rings. The molecular formula is C13H18Cl2N2O. The Morgan fingerprint density at radius 3 is 2.44 bits per heavy atom. The van der Waals surface area contributed by atoms with Crippen molar-refractivity contribution in [3.05, 3.63) is 34.9 Å². The van der Waals surface area contributed by atoms with E-state index in [2.05, 4.69) is 5.32 Å². The van der Waals surface area contributed by atoms with Crippen molar-refractivity contribution in [3.63, 3.8) is 0 Å². The van der Waals surface area contributed by atoms with Crippen LogP contribution in [0.3, 0.4) is 0 Å². The maximum atomic E-state index is 12.0. The molecule has 0 saturated heterocycles. The van der Waals surface area contributed by atoms with Crippen LogP contribution in [0.2, 0.25) is 5.02 Å². The van der Waals surface area contributed by atoms with Gasteiger partial charge in [-0.3, -0.25) is 4.79 Å². The van der Waals surface area contributed by atoms with Gasteiger partial charge in [-0.25, -0.2) is 0 Å². The molecular weight excluding hydrogens is 271 g/mol. The van der Waals surface area contributed by atoms with Crippen LogP contribution in [-0.2, 0) is 0 Å². The number of nitrogens with two attached hydrogens (primary N) is 1. The lowest BCUT2D eigenvalue weighted by Crippen LogP contribution is -2.40. The molecule has 3 N–H and O–H groups in total. The molecule has 5 heteroatoms. The minimum absolute atomic E-state index is 0. The third kappa shape index (κ3) is 3.87. The Kier molecular flexibility index (Phi) is 5.93. The highest BCUT2D eigenvalue weighted by atomic mass is 35.5. The summed E-state index contributed by atoms with van der Waals surface area (Å²) >= 11 is 5.98. The fourth-order valence-corrected chi connectivity index (χ4v) is 2.39. The van der Waals surface area contributed by atoms with Gasteiger partial charge in [0.15, 0.2) is 0 Å². The Balaban J connectivity index is 0.00000162. The van der Waals surface area contributed by atoms with Crippen LogP contribution in [0.25, 0.3) is 0 Å². The van der Waals surface area contributed by atoms with E-state index in [1.165, 1.54) is 0 Å². The van der Waals surface area contributed by atoms with Crippen LogP contribution in [0.15, 0.2) is 24.3 Å². The molecule has 2 rings (SSSR count). The van der Waals surface area contributed by atoms with Crippen molar-refractivity contribution < 1.29 is 4.79 Å². The maximum Gasteiger partial charge on any atom is 0.253 e. The topological polar surface area (TPSA) is 55.1 Å². The lowest BCUT2D eigenvalue weighted by molar-refractivity contribution is 0.0926. The number of rotatable bonds is 2. The van der Waals surface area contributed by atoms with E-state index in [9.17, 15) is 4.79 Å². The summed E-state index contributed by atoms with van der Waals surface area (Å²) in [5, 5.41) is 3.52. The molecule has 1 aromatic carbocycles. The van der Waals surface area contributed by atoms with Gasteiger partial charge in [0.2, 0.25) is 0 Å². The quantitative estimate of drug-likeness (QED) is 0.879. The number of halogens is 2. The zero-order chi connectivity index (χ0) is 12.3. The summed E-state index contributed by atoms with van der Waals surface area (Å²) in [6, 6.07) is 7.64. The number of carbonyl (C=O) groups is 1. The predicted octanol–water partition coefficient (Wildman–Crippen LogP) is 2.76.